The number of oxime groups is 1. The predicted molar refractivity (Wildman–Crippen MR) is 95.3 cm³/mol. The zero-order valence-corrected chi connectivity index (χ0v) is 15.2. The molecule has 0 spiro atoms. The molecule has 2 aliphatic heterocycles. The van der Waals surface area contributed by atoms with E-state index in [1.807, 2.05) is 0 Å². The molecular formula is C18H9Cl2F3N2O3. The Morgan fingerprint density at radius 2 is 1.68 bits per heavy atom. The van der Waals surface area contributed by atoms with Crippen molar-refractivity contribution >= 4 is 46.4 Å². The van der Waals surface area contributed by atoms with Crippen LogP contribution in [0.1, 0.15) is 11.1 Å². The third-order valence-corrected chi connectivity index (χ3v) is 5.04. The molecule has 0 N–H and O–H groups in total. The number of rotatable bonds is 2. The van der Waals surface area contributed by atoms with Gasteiger partial charge in [-0.1, -0.05) is 40.5 Å². The third kappa shape index (κ3) is 2.93. The van der Waals surface area contributed by atoms with E-state index in [1.165, 1.54) is 0 Å². The zero-order chi connectivity index (χ0) is 20.2. The lowest BCUT2D eigenvalue weighted by atomic mass is 9.94. The van der Waals surface area contributed by atoms with E-state index in [0.29, 0.717) is 21.6 Å². The molecule has 0 aromatic heterocycles. The summed E-state index contributed by atoms with van der Waals surface area (Å²) in [7, 11) is 0. The van der Waals surface area contributed by atoms with Gasteiger partial charge in [-0.15, -0.1) is 0 Å². The van der Waals surface area contributed by atoms with Gasteiger partial charge in [0.15, 0.2) is 0 Å². The Morgan fingerprint density at radius 3 is 2.32 bits per heavy atom. The highest BCUT2D eigenvalue weighted by Crippen LogP contribution is 2.40. The number of imide groups is 1. The quantitative estimate of drug-likeness (QED) is 0.669. The van der Waals surface area contributed by atoms with Gasteiger partial charge in [-0.2, -0.15) is 13.2 Å². The minimum Gasteiger partial charge on any atom is -0.381 e. The van der Waals surface area contributed by atoms with Crippen molar-refractivity contribution in [3.8, 4) is 0 Å². The number of fused-ring (bicyclic) bond motifs is 1. The van der Waals surface area contributed by atoms with Crippen LogP contribution >= 0.6 is 23.2 Å². The second kappa shape index (κ2) is 6.49. The van der Waals surface area contributed by atoms with Crippen LogP contribution < -0.4 is 4.90 Å². The van der Waals surface area contributed by atoms with Crippen LogP contribution in [0, 0.1) is 5.92 Å². The molecule has 4 rings (SSSR count). The van der Waals surface area contributed by atoms with Gasteiger partial charge in [0.25, 0.3) is 5.91 Å². The number of hydrogen-bond acceptors (Lipinski definition) is 4. The largest absolute Gasteiger partial charge is 0.416 e. The van der Waals surface area contributed by atoms with Crippen molar-refractivity contribution in [1.82, 2.24) is 0 Å². The first-order valence-corrected chi connectivity index (χ1v) is 8.68. The van der Waals surface area contributed by atoms with Gasteiger partial charge in [0.05, 0.1) is 16.3 Å². The fraction of sp³-hybridized carbons (Fsp3) is 0.167. The molecule has 1 fully saturated rings. The average molecular weight is 429 g/mol. The minimum atomic E-state index is -4.66. The highest BCUT2D eigenvalue weighted by molar-refractivity contribution is 6.38. The lowest BCUT2D eigenvalue weighted by molar-refractivity contribution is -0.137. The second-order valence-corrected chi connectivity index (χ2v) is 7.01. The molecule has 2 aliphatic rings. The standard InChI is InChI=1S/C18H9Cl2F3N2O3/c19-10-4-1-8(2-5-10)14-13-15(28-24-14)17(27)25(16(13)26)12-7-9(18(21,22)23)3-6-11(12)20/h1-7,13,15H/t13-,15+/m1/s1. The SMILES string of the molecule is O=C1[C@@H]2C(c3ccc(Cl)cc3)=NO[C@@H]2C(=O)N1c1cc(C(F)(F)F)ccc1Cl. The first-order chi connectivity index (χ1) is 13.2. The van der Waals surface area contributed by atoms with E-state index in [0.717, 1.165) is 12.1 Å². The highest BCUT2D eigenvalue weighted by Gasteiger charge is 2.56. The molecule has 1 saturated heterocycles. The van der Waals surface area contributed by atoms with Crippen molar-refractivity contribution in [3.05, 3.63) is 63.6 Å². The van der Waals surface area contributed by atoms with E-state index in [1.54, 1.807) is 24.3 Å². The number of carbonyl (C=O) groups excluding carboxylic acids is 2. The van der Waals surface area contributed by atoms with Gasteiger partial charge in [-0.05, 0) is 30.3 Å². The molecule has 0 unspecified atom stereocenters. The number of hydrogen-bond donors (Lipinski definition) is 0. The van der Waals surface area contributed by atoms with Gasteiger partial charge in [0, 0.05) is 10.6 Å². The molecule has 2 atom stereocenters. The number of alkyl halides is 3. The van der Waals surface area contributed by atoms with E-state index < -0.39 is 35.6 Å². The molecular weight excluding hydrogens is 420 g/mol. The Hall–Kier alpha value is -2.58. The Bertz CT molecular complexity index is 1020. The molecule has 5 nitrogen and oxygen atoms in total. The molecule has 2 heterocycles. The van der Waals surface area contributed by atoms with Crippen LogP contribution in [0.15, 0.2) is 47.6 Å². The Morgan fingerprint density at radius 1 is 1.00 bits per heavy atom. The first kappa shape index (κ1) is 18.8. The topological polar surface area (TPSA) is 59.0 Å². The van der Waals surface area contributed by atoms with Crippen LogP contribution in [0.4, 0.5) is 18.9 Å². The number of carbonyl (C=O) groups is 2. The molecule has 2 aromatic carbocycles. The molecule has 0 saturated carbocycles. The molecule has 28 heavy (non-hydrogen) atoms. The summed E-state index contributed by atoms with van der Waals surface area (Å²) in [6, 6.07) is 8.79. The van der Waals surface area contributed by atoms with E-state index in [2.05, 4.69) is 5.16 Å². The number of anilines is 1. The molecule has 2 amide bonds. The van der Waals surface area contributed by atoms with Gasteiger partial charge in [-0.25, -0.2) is 4.90 Å². The lowest BCUT2D eigenvalue weighted by Crippen LogP contribution is -2.33. The molecule has 144 valence electrons. The Balaban J connectivity index is 1.73. The summed E-state index contributed by atoms with van der Waals surface area (Å²) in [6.07, 6.45) is -5.92. The average Bonchev–Trinajstić information content (AvgIpc) is 3.16. The summed E-state index contributed by atoms with van der Waals surface area (Å²) in [5.74, 6) is -2.68. The van der Waals surface area contributed by atoms with Crippen LogP contribution in [0.5, 0.6) is 0 Å². The van der Waals surface area contributed by atoms with Gasteiger partial charge in [0.1, 0.15) is 11.6 Å². The van der Waals surface area contributed by atoms with E-state index >= 15 is 0 Å². The minimum absolute atomic E-state index is 0.167. The lowest BCUT2D eigenvalue weighted by Gasteiger charge is -2.18. The van der Waals surface area contributed by atoms with E-state index in [4.69, 9.17) is 28.0 Å². The molecule has 0 aliphatic carbocycles. The molecule has 0 radical (unpaired) electrons. The van der Waals surface area contributed by atoms with Crippen LogP contribution in [-0.4, -0.2) is 23.6 Å². The first-order valence-electron chi connectivity index (χ1n) is 7.92. The molecule has 2 aromatic rings. The summed E-state index contributed by atoms with van der Waals surface area (Å²) < 4.78 is 39.1. The van der Waals surface area contributed by atoms with E-state index in [-0.39, 0.29) is 16.4 Å². The number of nitrogens with zero attached hydrogens (tertiary/aromatic N) is 2. The Labute approximate surface area is 166 Å². The number of amides is 2. The number of halogens is 5. The second-order valence-electron chi connectivity index (χ2n) is 6.16. The van der Waals surface area contributed by atoms with Gasteiger partial charge in [-0.3, -0.25) is 9.59 Å². The number of benzene rings is 2. The van der Waals surface area contributed by atoms with E-state index in [9.17, 15) is 22.8 Å². The maximum Gasteiger partial charge on any atom is 0.416 e. The van der Waals surface area contributed by atoms with Crippen LogP contribution in [-0.2, 0) is 20.6 Å². The summed E-state index contributed by atoms with van der Waals surface area (Å²) in [4.78, 5) is 31.4. The third-order valence-electron chi connectivity index (χ3n) is 4.47. The Kier molecular flexibility index (Phi) is 4.35. The fourth-order valence-electron chi connectivity index (χ4n) is 3.13. The van der Waals surface area contributed by atoms with Gasteiger partial charge in [0.2, 0.25) is 12.0 Å². The van der Waals surface area contributed by atoms with Crippen molar-refractivity contribution in [2.24, 2.45) is 11.1 Å². The smallest absolute Gasteiger partial charge is 0.381 e. The van der Waals surface area contributed by atoms with Crippen molar-refractivity contribution in [3.63, 3.8) is 0 Å². The normalized spacial score (nSPS) is 21.6. The van der Waals surface area contributed by atoms with Crippen molar-refractivity contribution < 1.29 is 27.6 Å². The summed E-state index contributed by atoms with van der Waals surface area (Å²) in [5.41, 5.74) is -0.669. The van der Waals surface area contributed by atoms with Crippen molar-refractivity contribution in [1.29, 1.82) is 0 Å². The molecule has 10 heteroatoms. The fourth-order valence-corrected chi connectivity index (χ4v) is 3.46. The van der Waals surface area contributed by atoms with Crippen molar-refractivity contribution in [2.45, 2.75) is 12.3 Å². The van der Waals surface area contributed by atoms with Gasteiger partial charge < -0.3 is 4.84 Å². The van der Waals surface area contributed by atoms with Gasteiger partial charge >= 0.3 is 6.18 Å². The summed E-state index contributed by atoms with van der Waals surface area (Å²) in [6.45, 7) is 0. The molecule has 0 bridgehead atoms. The summed E-state index contributed by atoms with van der Waals surface area (Å²) >= 11 is 11.8. The summed E-state index contributed by atoms with van der Waals surface area (Å²) in [5, 5.41) is 4.12. The maximum absolute atomic E-state index is 13.0. The predicted octanol–water partition coefficient (Wildman–Crippen LogP) is 4.30. The van der Waals surface area contributed by atoms with Crippen molar-refractivity contribution in [2.75, 3.05) is 4.90 Å². The maximum atomic E-state index is 13.0. The monoisotopic (exact) mass is 428 g/mol. The highest BCUT2D eigenvalue weighted by atomic mass is 35.5. The van der Waals surface area contributed by atoms with Crippen LogP contribution in [0.3, 0.4) is 0 Å². The zero-order valence-electron chi connectivity index (χ0n) is 13.7. The van der Waals surface area contributed by atoms with Crippen LogP contribution in [0.2, 0.25) is 10.0 Å². The van der Waals surface area contributed by atoms with Crippen LogP contribution in [0.25, 0.3) is 0 Å².